The maximum atomic E-state index is 11.2. The molecule has 1 aromatic rings. The Balaban J connectivity index is 2.55. The van der Waals surface area contributed by atoms with Gasteiger partial charge in [-0.3, -0.25) is 4.57 Å². The van der Waals surface area contributed by atoms with Gasteiger partial charge in [0, 0.05) is 7.11 Å². The number of benzene rings is 1. The zero-order chi connectivity index (χ0) is 9.68. The van der Waals surface area contributed by atoms with Gasteiger partial charge in [0.25, 0.3) is 0 Å². The fourth-order valence-corrected chi connectivity index (χ4v) is 1.48. The average Bonchev–Trinajstić information content (AvgIpc) is 2.18. The Morgan fingerprint density at radius 3 is 2.46 bits per heavy atom. The first kappa shape index (κ1) is 10.3. The summed E-state index contributed by atoms with van der Waals surface area (Å²) in [5.41, 5.74) is 0. The van der Waals surface area contributed by atoms with Crippen molar-refractivity contribution in [2.24, 2.45) is 0 Å². The fraction of sp³-hybridized carbons (Fsp3) is 0.333. The first-order valence-electron chi connectivity index (χ1n) is 4.03. The van der Waals surface area contributed by atoms with Gasteiger partial charge in [-0.05, 0) is 19.1 Å². The number of hydrogen-bond acceptors (Lipinski definition) is 3. The molecule has 2 atom stereocenters. The molecular formula is C9H13O3P. The van der Waals surface area contributed by atoms with Crippen LogP contribution in [0.3, 0.4) is 0 Å². The highest BCUT2D eigenvalue weighted by Crippen LogP contribution is 2.29. The normalized spacial score (nSPS) is 14.9. The van der Waals surface area contributed by atoms with Gasteiger partial charge in [-0.1, -0.05) is 18.2 Å². The standard InChI is InChI=1S/C9H13O3P/c1-8(13(10)11-2)12-9-6-4-3-5-7-9/h3-8,13H,1-2H3. The molecule has 0 fully saturated rings. The van der Waals surface area contributed by atoms with Gasteiger partial charge in [-0.2, -0.15) is 0 Å². The molecule has 4 heteroatoms. The van der Waals surface area contributed by atoms with Crippen molar-refractivity contribution in [1.82, 2.24) is 0 Å². The number of rotatable bonds is 4. The molecule has 0 aliphatic heterocycles. The van der Waals surface area contributed by atoms with Crippen LogP contribution in [0, 0.1) is 0 Å². The summed E-state index contributed by atoms with van der Waals surface area (Å²) in [6.07, 6.45) is 0. The number of ether oxygens (including phenoxy) is 1. The van der Waals surface area contributed by atoms with E-state index in [0.29, 0.717) is 5.75 Å². The van der Waals surface area contributed by atoms with Gasteiger partial charge in [0.1, 0.15) is 5.75 Å². The quantitative estimate of drug-likeness (QED) is 0.700. The molecule has 0 aliphatic carbocycles. The third kappa shape index (κ3) is 3.21. The molecule has 3 nitrogen and oxygen atoms in total. The van der Waals surface area contributed by atoms with Crippen LogP contribution in [0.25, 0.3) is 0 Å². The second-order valence-corrected chi connectivity index (χ2v) is 4.46. The lowest BCUT2D eigenvalue weighted by Crippen LogP contribution is -2.06. The van der Waals surface area contributed by atoms with E-state index in [2.05, 4.69) is 0 Å². The topological polar surface area (TPSA) is 35.5 Å². The van der Waals surface area contributed by atoms with Crippen LogP contribution >= 0.6 is 8.03 Å². The molecular weight excluding hydrogens is 187 g/mol. The zero-order valence-corrected chi connectivity index (χ0v) is 8.69. The van der Waals surface area contributed by atoms with Crippen LogP contribution in [0.1, 0.15) is 6.92 Å². The molecule has 0 radical (unpaired) electrons. The first-order chi connectivity index (χ1) is 6.24. The summed E-state index contributed by atoms with van der Waals surface area (Å²) < 4.78 is 21.2. The number of hydrogen-bond donors (Lipinski definition) is 0. The van der Waals surface area contributed by atoms with E-state index in [1.54, 1.807) is 6.92 Å². The van der Waals surface area contributed by atoms with Crippen molar-refractivity contribution in [3.8, 4) is 5.75 Å². The Kier molecular flexibility index (Phi) is 4.00. The molecule has 0 N–H and O–H groups in total. The lowest BCUT2D eigenvalue weighted by Gasteiger charge is -2.12. The second kappa shape index (κ2) is 5.05. The fourth-order valence-electron chi connectivity index (χ4n) is 0.917. The predicted molar refractivity (Wildman–Crippen MR) is 52.5 cm³/mol. The van der Waals surface area contributed by atoms with Gasteiger partial charge in [-0.25, -0.2) is 0 Å². The highest BCUT2D eigenvalue weighted by atomic mass is 31.1. The van der Waals surface area contributed by atoms with Crippen LogP contribution in [-0.2, 0) is 9.09 Å². The third-order valence-corrected chi connectivity index (χ3v) is 2.77. The first-order valence-corrected chi connectivity index (χ1v) is 5.43. The van der Waals surface area contributed by atoms with E-state index in [-0.39, 0.29) is 5.85 Å². The van der Waals surface area contributed by atoms with Crippen molar-refractivity contribution in [2.75, 3.05) is 7.11 Å². The molecule has 13 heavy (non-hydrogen) atoms. The van der Waals surface area contributed by atoms with E-state index in [9.17, 15) is 4.57 Å². The molecule has 1 aromatic carbocycles. The predicted octanol–water partition coefficient (Wildman–Crippen LogP) is 2.53. The zero-order valence-electron chi connectivity index (χ0n) is 7.69. The summed E-state index contributed by atoms with van der Waals surface area (Å²) in [5.74, 6) is 0.336. The summed E-state index contributed by atoms with van der Waals surface area (Å²) in [5, 5.41) is 0. The molecule has 0 saturated heterocycles. The maximum Gasteiger partial charge on any atom is 0.230 e. The van der Waals surface area contributed by atoms with Crippen LogP contribution in [0.4, 0.5) is 0 Å². The van der Waals surface area contributed by atoms with Crippen LogP contribution in [-0.4, -0.2) is 13.0 Å². The molecule has 0 bridgehead atoms. The van der Waals surface area contributed by atoms with E-state index in [1.807, 2.05) is 30.3 Å². The number of para-hydroxylation sites is 1. The van der Waals surface area contributed by atoms with Crippen molar-refractivity contribution < 1.29 is 13.8 Å². The molecule has 1 rings (SSSR count). The van der Waals surface area contributed by atoms with Gasteiger partial charge in [0.05, 0.1) is 0 Å². The minimum Gasteiger partial charge on any atom is -0.481 e. The molecule has 0 amide bonds. The molecule has 0 saturated carbocycles. The van der Waals surface area contributed by atoms with E-state index < -0.39 is 8.03 Å². The van der Waals surface area contributed by atoms with E-state index in [0.717, 1.165) is 0 Å². The van der Waals surface area contributed by atoms with Crippen molar-refractivity contribution in [3.05, 3.63) is 30.3 Å². The summed E-state index contributed by atoms with van der Waals surface area (Å²) in [4.78, 5) is 0. The van der Waals surface area contributed by atoms with Crippen LogP contribution in [0.2, 0.25) is 0 Å². The van der Waals surface area contributed by atoms with Gasteiger partial charge < -0.3 is 9.26 Å². The molecule has 0 aromatic heterocycles. The molecule has 72 valence electrons. The van der Waals surface area contributed by atoms with Crippen molar-refractivity contribution in [2.45, 2.75) is 12.8 Å². The van der Waals surface area contributed by atoms with Gasteiger partial charge in [0.2, 0.25) is 8.03 Å². The van der Waals surface area contributed by atoms with E-state index >= 15 is 0 Å². The average molecular weight is 200 g/mol. The van der Waals surface area contributed by atoms with Crippen molar-refractivity contribution in [1.29, 1.82) is 0 Å². The van der Waals surface area contributed by atoms with Gasteiger partial charge in [-0.15, -0.1) is 0 Å². The lowest BCUT2D eigenvalue weighted by atomic mass is 10.3. The van der Waals surface area contributed by atoms with Gasteiger partial charge >= 0.3 is 0 Å². The monoisotopic (exact) mass is 200 g/mol. The summed E-state index contributed by atoms with van der Waals surface area (Å²) in [6.45, 7) is 1.73. The lowest BCUT2D eigenvalue weighted by molar-refractivity contribution is 0.269. The molecule has 2 unspecified atom stereocenters. The van der Waals surface area contributed by atoms with Crippen LogP contribution < -0.4 is 4.74 Å². The Hall–Kier alpha value is -0.790. The largest absolute Gasteiger partial charge is 0.481 e. The van der Waals surface area contributed by atoms with E-state index in [4.69, 9.17) is 9.26 Å². The Labute approximate surface area is 78.5 Å². The van der Waals surface area contributed by atoms with Gasteiger partial charge in [0.15, 0.2) is 5.85 Å². The van der Waals surface area contributed by atoms with E-state index in [1.165, 1.54) is 7.11 Å². The smallest absolute Gasteiger partial charge is 0.230 e. The molecule has 0 aliphatic rings. The SMILES string of the molecule is CO[PH](=O)C(C)Oc1ccccc1. The maximum absolute atomic E-state index is 11.2. The Morgan fingerprint density at radius 2 is 1.92 bits per heavy atom. The Morgan fingerprint density at radius 1 is 1.31 bits per heavy atom. The van der Waals surface area contributed by atoms with Crippen LogP contribution in [0.15, 0.2) is 30.3 Å². The highest BCUT2D eigenvalue weighted by molar-refractivity contribution is 7.39. The van der Waals surface area contributed by atoms with Crippen molar-refractivity contribution >= 4 is 8.03 Å². The highest BCUT2D eigenvalue weighted by Gasteiger charge is 2.10. The minimum absolute atomic E-state index is 0.377. The summed E-state index contributed by atoms with van der Waals surface area (Å²) in [6, 6.07) is 9.28. The molecule has 0 spiro atoms. The molecule has 0 heterocycles. The van der Waals surface area contributed by atoms with Crippen LogP contribution in [0.5, 0.6) is 5.75 Å². The second-order valence-electron chi connectivity index (χ2n) is 2.60. The minimum atomic E-state index is -2.08. The summed E-state index contributed by atoms with van der Waals surface area (Å²) >= 11 is 0. The third-order valence-electron chi connectivity index (χ3n) is 1.59. The van der Waals surface area contributed by atoms with Crippen molar-refractivity contribution in [3.63, 3.8) is 0 Å². The summed E-state index contributed by atoms with van der Waals surface area (Å²) in [7, 11) is -0.654. The Bertz CT molecular complexity index is 273.